The minimum absolute atomic E-state index is 0.0275. The summed E-state index contributed by atoms with van der Waals surface area (Å²) < 4.78 is 43.1. The predicted molar refractivity (Wildman–Crippen MR) is 104 cm³/mol. The lowest BCUT2D eigenvalue weighted by atomic mass is 10.0. The molecule has 3 rings (SSSR count). The quantitative estimate of drug-likeness (QED) is 0.721. The second-order valence-corrected chi connectivity index (χ2v) is 7.67. The van der Waals surface area contributed by atoms with Crippen molar-refractivity contribution in [3.63, 3.8) is 0 Å². The molecule has 158 valence electrons. The number of hydrogen-bond acceptors (Lipinski definition) is 5. The topological polar surface area (TPSA) is 84.5 Å². The number of amides is 3. The largest absolute Gasteiger partial charge is 0.496 e. The summed E-state index contributed by atoms with van der Waals surface area (Å²) in [4.78, 5) is 35.7. The van der Waals surface area contributed by atoms with Gasteiger partial charge in [-0.15, -0.1) is 0 Å². The zero-order chi connectivity index (χ0) is 21.9. The lowest BCUT2D eigenvalue weighted by Crippen LogP contribution is -2.26. The highest BCUT2D eigenvalue weighted by molar-refractivity contribution is 8.15. The number of nitrogens with one attached hydrogen (secondary N) is 2. The van der Waals surface area contributed by atoms with Crippen LogP contribution >= 0.6 is 11.8 Å². The van der Waals surface area contributed by atoms with E-state index in [1.807, 2.05) is 0 Å². The van der Waals surface area contributed by atoms with E-state index in [9.17, 15) is 27.6 Å². The van der Waals surface area contributed by atoms with Crippen LogP contribution in [-0.2, 0) is 23.9 Å². The average molecular weight is 438 g/mol. The zero-order valence-corrected chi connectivity index (χ0v) is 16.5. The first-order chi connectivity index (χ1) is 14.2. The number of carbonyl (C=O) groups is 3. The van der Waals surface area contributed by atoms with E-state index in [-0.39, 0.29) is 24.4 Å². The Bertz CT molecular complexity index is 977. The lowest BCUT2D eigenvalue weighted by molar-refractivity contribution is -0.137. The molecule has 3 amide bonds. The molecule has 10 heteroatoms. The van der Waals surface area contributed by atoms with Crippen LogP contribution in [0.1, 0.15) is 27.0 Å². The standard InChI is InChI=1S/C20H17F3N2O4S/c1-29-15-7-4-12(9-16-18(27)25-19(28)30-16)8-14(15)17(26)24-10-11-2-5-13(6-3-11)20(21,22)23/h2-8,16H,9-10H2,1H3,(H,24,26)(H,25,27,28)/t16-/m1/s1. The molecule has 6 nitrogen and oxygen atoms in total. The van der Waals surface area contributed by atoms with Gasteiger partial charge in [0.2, 0.25) is 5.91 Å². The Kier molecular flexibility index (Phi) is 6.35. The molecule has 1 fully saturated rings. The summed E-state index contributed by atoms with van der Waals surface area (Å²) in [5.74, 6) is -0.550. The third kappa shape index (κ3) is 5.12. The summed E-state index contributed by atoms with van der Waals surface area (Å²) in [6.07, 6.45) is -4.17. The third-order valence-electron chi connectivity index (χ3n) is 4.43. The normalized spacial score (nSPS) is 16.3. The molecule has 2 N–H and O–H groups in total. The number of imide groups is 1. The number of halogens is 3. The van der Waals surface area contributed by atoms with Crippen molar-refractivity contribution in [2.24, 2.45) is 0 Å². The molecule has 0 radical (unpaired) electrons. The van der Waals surface area contributed by atoms with E-state index in [4.69, 9.17) is 4.74 Å². The fraction of sp³-hybridized carbons (Fsp3) is 0.250. The zero-order valence-electron chi connectivity index (χ0n) is 15.7. The molecule has 1 saturated heterocycles. The Hall–Kier alpha value is -3.01. The van der Waals surface area contributed by atoms with Crippen molar-refractivity contribution >= 4 is 28.8 Å². The smallest absolute Gasteiger partial charge is 0.416 e. The van der Waals surface area contributed by atoms with Gasteiger partial charge in [0.05, 0.1) is 23.5 Å². The van der Waals surface area contributed by atoms with E-state index in [1.54, 1.807) is 18.2 Å². The van der Waals surface area contributed by atoms with Gasteiger partial charge in [-0.1, -0.05) is 30.0 Å². The molecule has 0 aliphatic carbocycles. The molecular formula is C20H17F3N2O4S. The number of thioether (sulfide) groups is 1. The number of alkyl halides is 3. The van der Waals surface area contributed by atoms with E-state index in [1.165, 1.54) is 19.2 Å². The Morgan fingerprint density at radius 3 is 2.37 bits per heavy atom. The predicted octanol–water partition coefficient (Wildman–Crippen LogP) is 3.54. The summed E-state index contributed by atoms with van der Waals surface area (Å²) in [5, 5.41) is 3.87. The van der Waals surface area contributed by atoms with Gasteiger partial charge in [-0.25, -0.2) is 0 Å². The van der Waals surface area contributed by atoms with Gasteiger partial charge in [-0.3, -0.25) is 19.7 Å². The maximum Gasteiger partial charge on any atom is 0.416 e. The molecule has 0 unspecified atom stereocenters. The Morgan fingerprint density at radius 2 is 1.80 bits per heavy atom. The van der Waals surface area contributed by atoms with E-state index in [2.05, 4.69) is 10.6 Å². The number of carbonyl (C=O) groups excluding carboxylic acids is 3. The molecule has 1 atom stereocenters. The van der Waals surface area contributed by atoms with Crippen LogP contribution in [0.15, 0.2) is 42.5 Å². The lowest BCUT2D eigenvalue weighted by Gasteiger charge is -2.13. The fourth-order valence-corrected chi connectivity index (χ4v) is 3.75. The van der Waals surface area contributed by atoms with Gasteiger partial charge in [0.15, 0.2) is 0 Å². The first-order valence-corrected chi connectivity index (χ1v) is 9.68. The van der Waals surface area contributed by atoms with Gasteiger partial charge < -0.3 is 10.1 Å². The highest BCUT2D eigenvalue weighted by Gasteiger charge is 2.32. The van der Waals surface area contributed by atoms with Gasteiger partial charge in [0.1, 0.15) is 5.75 Å². The van der Waals surface area contributed by atoms with Crippen molar-refractivity contribution in [3.05, 3.63) is 64.7 Å². The van der Waals surface area contributed by atoms with Crippen LogP contribution < -0.4 is 15.4 Å². The van der Waals surface area contributed by atoms with E-state index in [0.717, 1.165) is 23.9 Å². The maximum atomic E-state index is 12.6. The summed E-state index contributed by atoms with van der Waals surface area (Å²) >= 11 is 0.892. The van der Waals surface area contributed by atoms with Crippen molar-refractivity contribution in [2.75, 3.05) is 7.11 Å². The van der Waals surface area contributed by atoms with Crippen LogP contribution in [0.3, 0.4) is 0 Å². The summed E-state index contributed by atoms with van der Waals surface area (Å²) in [7, 11) is 1.40. The number of rotatable bonds is 6. The highest BCUT2D eigenvalue weighted by Crippen LogP contribution is 2.29. The fourth-order valence-electron chi connectivity index (χ4n) is 2.89. The van der Waals surface area contributed by atoms with Crippen molar-refractivity contribution < 1.29 is 32.3 Å². The van der Waals surface area contributed by atoms with Crippen LogP contribution in [-0.4, -0.2) is 29.4 Å². The van der Waals surface area contributed by atoms with Crippen molar-refractivity contribution in [2.45, 2.75) is 24.4 Å². The molecule has 0 bridgehead atoms. The highest BCUT2D eigenvalue weighted by atomic mass is 32.2. The second-order valence-electron chi connectivity index (χ2n) is 6.50. The maximum absolute atomic E-state index is 12.6. The molecule has 1 aliphatic heterocycles. The molecule has 30 heavy (non-hydrogen) atoms. The summed E-state index contributed by atoms with van der Waals surface area (Å²) in [6.45, 7) is 0.0275. The first-order valence-electron chi connectivity index (χ1n) is 8.80. The minimum atomic E-state index is -4.42. The van der Waals surface area contributed by atoms with Crippen LogP contribution in [0.5, 0.6) is 5.75 Å². The summed E-state index contributed by atoms with van der Waals surface area (Å²) in [5.41, 5.74) is 0.623. The molecule has 2 aromatic rings. The molecule has 0 aromatic heterocycles. The second kappa shape index (κ2) is 8.78. The van der Waals surface area contributed by atoms with Crippen LogP contribution in [0.4, 0.5) is 18.0 Å². The Labute approximate surface area is 174 Å². The molecular weight excluding hydrogens is 421 g/mol. The van der Waals surface area contributed by atoms with E-state index in [0.29, 0.717) is 16.9 Å². The molecule has 2 aromatic carbocycles. The van der Waals surface area contributed by atoms with Gasteiger partial charge in [-0.05, 0) is 41.8 Å². The van der Waals surface area contributed by atoms with Crippen molar-refractivity contribution in [1.29, 1.82) is 0 Å². The van der Waals surface area contributed by atoms with Gasteiger partial charge in [-0.2, -0.15) is 13.2 Å². The minimum Gasteiger partial charge on any atom is -0.496 e. The first kappa shape index (κ1) is 21.7. The Balaban J connectivity index is 1.69. The molecule has 1 aliphatic rings. The van der Waals surface area contributed by atoms with E-state index < -0.39 is 28.1 Å². The van der Waals surface area contributed by atoms with Crippen LogP contribution in [0, 0.1) is 0 Å². The summed E-state index contributed by atoms with van der Waals surface area (Å²) in [6, 6.07) is 9.34. The van der Waals surface area contributed by atoms with E-state index >= 15 is 0 Å². The van der Waals surface area contributed by atoms with Gasteiger partial charge in [0.25, 0.3) is 11.1 Å². The van der Waals surface area contributed by atoms with Crippen molar-refractivity contribution in [3.8, 4) is 5.75 Å². The number of hydrogen-bond donors (Lipinski definition) is 2. The van der Waals surface area contributed by atoms with Crippen LogP contribution in [0.25, 0.3) is 0 Å². The number of ether oxygens (including phenoxy) is 1. The van der Waals surface area contributed by atoms with Gasteiger partial charge in [0, 0.05) is 6.54 Å². The Morgan fingerprint density at radius 1 is 1.13 bits per heavy atom. The van der Waals surface area contributed by atoms with Crippen LogP contribution in [0.2, 0.25) is 0 Å². The third-order valence-corrected chi connectivity index (χ3v) is 5.41. The molecule has 0 saturated carbocycles. The average Bonchev–Trinajstić information content (AvgIpc) is 3.02. The molecule has 1 heterocycles. The SMILES string of the molecule is COc1ccc(C[C@H]2SC(=O)NC2=O)cc1C(=O)NCc1ccc(C(F)(F)F)cc1. The monoisotopic (exact) mass is 438 g/mol. The number of benzene rings is 2. The van der Waals surface area contributed by atoms with Crippen molar-refractivity contribution in [1.82, 2.24) is 10.6 Å². The number of methoxy groups -OCH3 is 1. The van der Waals surface area contributed by atoms with Gasteiger partial charge >= 0.3 is 6.18 Å². The molecule has 0 spiro atoms.